The Morgan fingerprint density at radius 1 is 1.13 bits per heavy atom. The molecule has 0 fully saturated rings. The smallest absolute Gasteiger partial charge is 0.280 e. The third-order valence-corrected chi connectivity index (χ3v) is 5.63. The third-order valence-electron chi connectivity index (χ3n) is 4.87. The summed E-state index contributed by atoms with van der Waals surface area (Å²) >= 11 is 7.14. The van der Waals surface area contributed by atoms with Gasteiger partial charge in [-0.25, -0.2) is 0 Å². The molecule has 3 rings (SSSR count). The van der Waals surface area contributed by atoms with E-state index in [2.05, 4.69) is 14.9 Å². The first-order chi connectivity index (χ1) is 14.3. The predicted octanol–water partition coefficient (Wildman–Crippen LogP) is 4.88. The molecule has 0 aliphatic heterocycles. The van der Waals surface area contributed by atoms with Gasteiger partial charge < -0.3 is 5.32 Å². The van der Waals surface area contributed by atoms with Crippen molar-refractivity contribution in [1.29, 1.82) is 0 Å². The maximum absolute atomic E-state index is 13.5. The highest BCUT2D eigenvalue weighted by atomic mass is 35.5. The lowest BCUT2D eigenvalue weighted by atomic mass is 9.98. The molecule has 3 aromatic rings. The molecular weight excluding hydrogens is 420 g/mol. The van der Waals surface area contributed by atoms with Gasteiger partial charge in [0.25, 0.3) is 5.91 Å². The second-order valence-electron chi connectivity index (χ2n) is 7.48. The fourth-order valence-corrected chi connectivity index (χ4v) is 3.47. The van der Waals surface area contributed by atoms with Crippen LogP contribution in [0.1, 0.15) is 49.3 Å². The van der Waals surface area contributed by atoms with Crippen molar-refractivity contribution in [1.82, 2.24) is 14.9 Å². The van der Waals surface area contributed by atoms with Gasteiger partial charge in [-0.1, -0.05) is 53.3 Å². The number of carbonyl (C=O) groups is 2. The van der Waals surface area contributed by atoms with Crippen molar-refractivity contribution < 1.29 is 9.59 Å². The number of anilines is 1. The van der Waals surface area contributed by atoms with E-state index in [1.807, 2.05) is 51.1 Å². The van der Waals surface area contributed by atoms with E-state index in [-0.39, 0.29) is 11.6 Å². The SMILES string of the molecule is CCC(C)(C)NC(=O)C(c1ccccc1)N(C(=O)c1csnn1)c1ccc(Cl)cc1. The Morgan fingerprint density at radius 2 is 1.80 bits per heavy atom. The van der Waals surface area contributed by atoms with E-state index in [4.69, 9.17) is 11.6 Å². The van der Waals surface area contributed by atoms with Gasteiger partial charge in [-0.15, -0.1) is 5.10 Å². The molecule has 30 heavy (non-hydrogen) atoms. The molecular formula is C22H23ClN4O2S. The number of aromatic nitrogens is 2. The van der Waals surface area contributed by atoms with Crippen LogP contribution in [0.15, 0.2) is 60.0 Å². The largest absolute Gasteiger partial charge is 0.349 e. The summed E-state index contributed by atoms with van der Waals surface area (Å²) in [6.07, 6.45) is 0.741. The Bertz CT molecular complexity index is 992. The van der Waals surface area contributed by atoms with Crippen LogP contribution in [0.2, 0.25) is 5.02 Å². The molecule has 0 saturated carbocycles. The van der Waals surface area contributed by atoms with Crippen LogP contribution in [0, 0.1) is 0 Å². The first-order valence-corrected chi connectivity index (χ1v) is 10.8. The van der Waals surface area contributed by atoms with E-state index in [9.17, 15) is 9.59 Å². The Labute approximate surface area is 185 Å². The molecule has 2 aromatic carbocycles. The van der Waals surface area contributed by atoms with Crippen molar-refractivity contribution in [2.75, 3.05) is 4.90 Å². The van der Waals surface area contributed by atoms with Gasteiger partial charge in [-0.3, -0.25) is 14.5 Å². The second-order valence-corrected chi connectivity index (χ2v) is 8.53. The number of amides is 2. The van der Waals surface area contributed by atoms with E-state index in [1.165, 1.54) is 4.90 Å². The monoisotopic (exact) mass is 442 g/mol. The summed E-state index contributed by atoms with van der Waals surface area (Å²) in [4.78, 5) is 28.4. The number of hydrogen-bond donors (Lipinski definition) is 1. The van der Waals surface area contributed by atoms with Gasteiger partial charge in [0.2, 0.25) is 5.91 Å². The van der Waals surface area contributed by atoms with Gasteiger partial charge in [0.15, 0.2) is 5.69 Å². The van der Waals surface area contributed by atoms with E-state index in [0.29, 0.717) is 16.3 Å². The lowest BCUT2D eigenvalue weighted by Crippen LogP contribution is -2.50. The maximum atomic E-state index is 13.5. The molecule has 1 aromatic heterocycles. The molecule has 0 aliphatic rings. The van der Waals surface area contributed by atoms with Crippen LogP contribution in [-0.2, 0) is 4.79 Å². The molecule has 2 amide bonds. The molecule has 8 heteroatoms. The van der Waals surface area contributed by atoms with Crippen LogP contribution >= 0.6 is 23.1 Å². The van der Waals surface area contributed by atoms with Crippen molar-refractivity contribution >= 4 is 40.6 Å². The molecule has 0 spiro atoms. The predicted molar refractivity (Wildman–Crippen MR) is 120 cm³/mol. The number of nitrogens with zero attached hydrogens (tertiary/aromatic N) is 3. The summed E-state index contributed by atoms with van der Waals surface area (Å²) < 4.78 is 3.81. The molecule has 1 unspecified atom stereocenters. The summed E-state index contributed by atoms with van der Waals surface area (Å²) in [7, 11) is 0. The van der Waals surface area contributed by atoms with Gasteiger partial charge >= 0.3 is 0 Å². The van der Waals surface area contributed by atoms with Crippen LogP contribution in [0.5, 0.6) is 0 Å². The van der Waals surface area contributed by atoms with Crippen LogP contribution in [0.25, 0.3) is 0 Å². The van der Waals surface area contributed by atoms with Gasteiger partial charge in [-0.2, -0.15) is 0 Å². The average molecular weight is 443 g/mol. The van der Waals surface area contributed by atoms with Crippen LogP contribution in [0.3, 0.4) is 0 Å². The van der Waals surface area contributed by atoms with Crippen molar-refractivity contribution in [3.63, 3.8) is 0 Å². The van der Waals surface area contributed by atoms with Crippen LogP contribution in [-0.4, -0.2) is 26.9 Å². The minimum Gasteiger partial charge on any atom is -0.349 e. The lowest BCUT2D eigenvalue weighted by molar-refractivity contribution is -0.124. The van der Waals surface area contributed by atoms with Gasteiger partial charge in [-0.05, 0) is 61.6 Å². The van der Waals surface area contributed by atoms with Crippen LogP contribution < -0.4 is 10.2 Å². The summed E-state index contributed by atoms with van der Waals surface area (Å²) in [6, 6.07) is 15.1. The molecule has 0 bridgehead atoms. The average Bonchev–Trinajstić information content (AvgIpc) is 3.27. The van der Waals surface area contributed by atoms with Gasteiger partial charge in [0, 0.05) is 21.6 Å². The molecule has 6 nitrogen and oxygen atoms in total. The Balaban J connectivity index is 2.14. The Morgan fingerprint density at radius 3 is 2.37 bits per heavy atom. The number of nitrogens with one attached hydrogen (secondary N) is 1. The highest BCUT2D eigenvalue weighted by molar-refractivity contribution is 7.03. The molecule has 0 saturated heterocycles. The Hall–Kier alpha value is -2.77. The first kappa shape index (κ1) is 21.9. The summed E-state index contributed by atoms with van der Waals surface area (Å²) in [5.41, 5.74) is 0.976. The van der Waals surface area contributed by atoms with E-state index in [0.717, 1.165) is 18.0 Å². The number of rotatable bonds is 7. The van der Waals surface area contributed by atoms with Crippen LogP contribution in [0.4, 0.5) is 5.69 Å². The normalized spacial score (nSPS) is 12.3. The zero-order valence-corrected chi connectivity index (χ0v) is 18.6. The Kier molecular flexibility index (Phi) is 6.84. The third kappa shape index (κ3) is 5.04. The minimum absolute atomic E-state index is 0.179. The topological polar surface area (TPSA) is 75.2 Å². The lowest BCUT2D eigenvalue weighted by Gasteiger charge is -2.34. The fraction of sp³-hybridized carbons (Fsp3) is 0.273. The first-order valence-electron chi connectivity index (χ1n) is 9.55. The summed E-state index contributed by atoms with van der Waals surface area (Å²) in [6.45, 7) is 5.90. The number of benzene rings is 2. The zero-order valence-electron chi connectivity index (χ0n) is 17.0. The van der Waals surface area contributed by atoms with Crippen molar-refractivity contribution in [3.05, 3.63) is 76.3 Å². The summed E-state index contributed by atoms with van der Waals surface area (Å²) in [5.74, 6) is -0.691. The van der Waals surface area contributed by atoms with E-state index < -0.39 is 17.5 Å². The quantitative estimate of drug-likeness (QED) is 0.565. The highest BCUT2D eigenvalue weighted by Gasteiger charge is 2.36. The molecule has 156 valence electrons. The van der Waals surface area contributed by atoms with Gasteiger partial charge in [0.1, 0.15) is 6.04 Å². The maximum Gasteiger partial charge on any atom is 0.280 e. The molecule has 0 radical (unpaired) electrons. The second kappa shape index (κ2) is 9.36. The van der Waals surface area contributed by atoms with Crippen molar-refractivity contribution in [3.8, 4) is 0 Å². The number of halogens is 1. The number of hydrogen-bond acceptors (Lipinski definition) is 5. The molecule has 0 aliphatic carbocycles. The van der Waals surface area contributed by atoms with Crippen molar-refractivity contribution in [2.45, 2.75) is 38.8 Å². The van der Waals surface area contributed by atoms with Crippen molar-refractivity contribution in [2.24, 2.45) is 0 Å². The van der Waals surface area contributed by atoms with E-state index in [1.54, 1.807) is 29.6 Å². The minimum atomic E-state index is -0.896. The summed E-state index contributed by atoms with van der Waals surface area (Å²) in [5, 5.41) is 9.11. The molecule has 1 atom stereocenters. The highest BCUT2D eigenvalue weighted by Crippen LogP contribution is 2.31. The molecule has 1 heterocycles. The molecule has 1 N–H and O–H groups in total. The fourth-order valence-electron chi connectivity index (χ4n) is 2.91. The van der Waals surface area contributed by atoms with Gasteiger partial charge in [0.05, 0.1) is 0 Å². The number of carbonyl (C=O) groups excluding carboxylic acids is 2. The van der Waals surface area contributed by atoms with E-state index >= 15 is 0 Å². The standard InChI is InChI=1S/C22H23ClN4O2S/c1-4-22(2,3)24-20(28)19(15-8-6-5-7-9-15)27(17-12-10-16(23)11-13-17)21(29)18-14-30-26-25-18/h5-14,19H,4H2,1-3H3,(H,24,28). The zero-order chi connectivity index (χ0) is 21.7.